The summed E-state index contributed by atoms with van der Waals surface area (Å²) in [4.78, 5) is 23.0. The van der Waals surface area contributed by atoms with Crippen LogP contribution in [0, 0.1) is 12.8 Å². The number of carbonyl (C=O) groups is 1. The van der Waals surface area contributed by atoms with E-state index in [1.54, 1.807) is 20.4 Å². The van der Waals surface area contributed by atoms with Crippen molar-refractivity contribution >= 4 is 5.91 Å². The van der Waals surface area contributed by atoms with Crippen LogP contribution >= 0.6 is 0 Å². The van der Waals surface area contributed by atoms with Crippen molar-refractivity contribution in [2.75, 3.05) is 27.2 Å². The van der Waals surface area contributed by atoms with Crippen molar-refractivity contribution in [1.82, 2.24) is 20.2 Å². The Kier molecular flexibility index (Phi) is 6.06. The SMILES string of the molecule is CNC(=O)c1cncc(C(C)N2CCC(Cc3cc(C)nc(OC)c3)C2)c1. The van der Waals surface area contributed by atoms with Crippen molar-refractivity contribution in [2.45, 2.75) is 32.7 Å². The van der Waals surface area contributed by atoms with Crippen LogP contribution in [0.4, 0.5) is 0 Å². The number of aryl methyl sites for hydroxylation is 1. The van der Waals surface area contributed by atoms with Gasteiger partial charge in [0.15, 0.2) is 0 Å². The van der Waals surface area contributed by atoms with Crippen LogP contribution < -0.4 is 10.1 Å². The lowest BCUT2D eigenvalue weighted by Crippen LogP contribution is -2.25. The van der Waals surface area contributed by atoms with Gasteiger partial charge in [-0.15, -0.1) is 0 Å². The topological polar surface area (TPSA) is 67.4 Å². The molecule has 2 aromatic rings. The minimum Gasteiger partial charge on any atom is -0.481 e. The lowest BCUT2D eigenvalue weighted by molar-refractivity contribution is 0.0962. The number of nitrogens with one attached hydrogen (secondary N) is 1. The first-order valence-electron chi connectivity index (χ1n) is 9.42. The second-order valence-corrected chi connectivity index (χ2v) is 7.27. The molecular formula is C21H28N4O2. The maximum absolute atomic E-state index is 11.9. The van der Waals surface area contributed by atoms with Crippen LogP contribution in [0.1, 0.15) is 46.6 Å². The van der Waals surface area contributed by atoms with Gasteiger partial charge in [0, 0.05) is 43.8 Å². The number of amides is 1. The summed E-state index contributed by atoms with van der Waals surface area (Å²) in [6.07, 6.45) is 5.67. The van der Waals surface area contributed by atoms with E-state index in [-0.39, 0.29) is 11.9 Å². The van der Waals surface area contributed by atoms with Gasteiger partial charge in [-0.05, 0) is 62.4 Å². The summed E-state index contributed by atoms with van der Waals surface area (Å²) < 4.78 is 5.30. The Balaban J connectivity index is 1.65. The number of ether oxygens (including phenoxy) is 1. The number of hydrogen-bond acceptors (Lipinski definition) is 5. The lowest BCUT2D eigenvalue weighted by Gasteiger charge is -2.25. The maximum atomic E-state index is 11.9. The summed E-state index contributed by atoms with van der Waals surface area (Å²) in [6.45, 7) is 6.28. The van der Waals surface area contributed by atoms with Crippen LogP contribution in [-0.4, -0.2) is 48.0 Å². The quantitative estimate of drug-likeness (QED) is 0.849. The minimum absolute atomic E-state index is 0.0992. The minimum atomic E-state index is -0.0992. The smallest absolute Gasteiger partial charge is 0.252 e. The van der Waals surface area contributed by atoms with Gasteiger partial charge in [0.2, 0.25) is 5.88 Å². The highest BCUT2D eigenvalue weighted by Gasteiger charge is 2.27. The fourth-order valence-electron chi connectivity index (χ4n) is 3.81. The van der Waals surface area contributed by atoms with Gasteiger partial charge in [-0.1, -0.05) is 0 Å². The number of hydrogen-bond donors (Lipinski definition) is 1. The summed E-state index contributed by atoms with van der Waals surface area (Å²) in [5, 5.41) is 2.66. The van der Waals surface area contributed by atoms with Crippen LogP contribution in [0.25, 0.3) is 0 Å². The molecule has 144 valence electrons. The van der Waals surface area contributed by atoms with Gasteiger partial charge in [0.1, 0.15) is 0 Å². The van der Waals surface area contributed by atoms with Crippen LogP contribution in [0.2, 0.25) is 0 Å². The third kappa shape index (κ3) is 4.63. The van der Waals surface area contributed by atoms with E-state index in [9.17, 15) is 4.79 Å². The van der Waals surface area contributed by atoms with Gasteiger partial charge >= 0.3 is 0 Å². The average Bonchev–Trinajstić information content (AvgIpc) is 3.14. The average molecular weight is 368 g/mol. The molecule has 0 radical (unpaired) electrons. The number of pyridine rings is 2. The first-order valence-corrected chi connectivity index (χ1v) is 9.42. The Labute approximate surface area is 161 Å². The number of aromatic nitrogens is 2. The van der Waals surface area contributed by atoms with Gasteiger partial charge in [-0.25, -0.2) is 4.98 Å². The predicted molar refractivity (Wildman–Crippen MR) is 105 cm³/mol. The Morgan fingerprint density at radius 2 is 2.19 bits per heavy atom. The number of rotatable bonds is 6. The van der Waals surface area contributed by atoms with Crippen molar-refractivity contribution in [1.29, 1.82) is 0 Å². The Morgan fingerprint density at radius 3 is 2.93 bits per heavy atom. The molecule has 1 saturated heterocycles. The molecule has 2 unspecified atom stereocenters. The van der Waals surface area contributed by atoms with Crippen LogP contribution in [0.5, 0.6) is 5.88 Å². The normalized spacial score (nSPS) is 18.3. The molecule has 2 atom stereocenters. The van der Waals surface area contributed by atoms with E-state index < -0.39 is 0 Å². The molecule has 0 bridgehead atoms. The molecule has 0 spiro atoms. The van der Waals surface area contributed by atoms with Crippen LogP contribution in [0.15, 0.2) is 30.6 Å². The highest BCUT2D eigenvalue weighted by molar-refractivity contribution is 5.93. The van der Waals surface area contributed by atoms with Crippen molar-refractivity contribution in [2.24, 2.45) is 5.92 Å². The maximum Gasteiger partial charge on any atom is 0.252 e. The standard InChI is InChI=1S/C21H28N4O2/c1-14-7-17(9-20(24-14)27-4)8-16-5-6-25(13-16)15(2)18-10-19(12-23-11-18)21(26)22-3/h7,9-12,15-16H,5-6,8,13H2,1-4H3,(H,22,26). The molecule has 2 aromatic heterocycles. The molecule has 0 saturated carbocycles. The summed E-state index contributed by atoms with van der Waals surface area (Å²) in [5.41, 5.74) is 3.96. The number of nitrogens with zero attached hydrogens (tertiary/aromatic N) is 3. The summed E-state index contributed by atoms with van der Waals surface area (Å²) in [7, 11) is 3.30. The van der Waals surface area contributed by atoms with E-state index in [2.05, 4.69) is 33.2 Å². The van der Waals surface area contributed by atoms with E-state index >= 15 is 0 Å². The highest BCUT2D eigenvalue weighted by Crippen LogP contribution is 2.29. The molecule has 0 aliphatic carbocycles. The van der Waals surface area contributed by atoms with E-state index in [1.807, 2.05) is 25.3 Å². The Hall–Kier alpha value is -2.47. The molecule has 6 nitrogen and oxygen atoms in total. The van der Waals surface area contributed by atoms with Crippen molar-refractivity contribution in [3.8, 4) is 5.88 Å². The zero-order valence-electron chi connectivity index (χ0n) is 16.5. The number of methoxy groups -OCH3 is 1. The molecule has 1 fully saturated rings. The summed E-state index contributed by atoms with van der Waals surface area (Å²) >= 11 is 0. The molecular weight excluding hydrogens is 340 g/mol. The van der Waals surface area contributed by atoms with Crippen molar-refractivity contribution in [3.63, 3.8) is 0 Å². The van der Waals surface area contributed by atoms with Gasteiger partial charge in [0.05, 0.1) is 12.7 Å². The van der Waals surface area contributed by atoms with Gasteiger partial charge in [0.25, 0.3) is 5.91 Å². The van der Waals surface area contributed by atoms with E-state index in [1.165, 1.54) is 5.56 Å². The summed E-state index contributed by atoms with van der Waals surface area (Å²) in [6, 6.07) is 6.36. The van der Waals surface area contributed by atoms with E-state index in [0.717, 1.165) is 37.2 Å². The monoisotopic (exact) mass is 368 g/mol. The zero-order valence-corrected chi connectivity index (χ0v) is 16.5. The lowest BCUT2D eigenvalue weighted by atomic mass is 9.99. The fraction of sp³-hybridized carbons (Fsp3) is 0.476. The van der Waals surface area contributed by atoms with E-state index in [4.69, 9.17) is 4.74 Å². The second kappa shape index (κ2) is 8.48. The largest absolute Gasteiger partial charge is 0.481 e. The van der Waals surface area contributed by atoms with Crippen molar-refractivity contribution in [3.05, 3.63) is 53.0 Å². The molecule has 3 rings (SSSR count). The van der Waals surface area contributed by atoms with E-state index in [0.29, 0.717) is 17.4 Å². The fourth-order valence-corrected chi connectivity index (χ4v) is 3.81. The first kappa shape index (κ1) is 19.3. The third-order valence-corrected chi connectivity index (χ3v) is 5.32. The zero-order chi connectivity index (χ0) is 19.4. The number of carbonyl (C=O) groups excluding carboxylic acids is 1. The van der Waals surface area contributed by atoms with Gasteiger partial charge in [-0.2, -0.15) is 0 Å². The second-order valence-electron chi connectivity index (χ2n) is 7.27. The van der Waals surface area contributed by atoms with Crippen molar-refractivity contribution < 1.29 is 9.53 Å². The number of likely N-dealkylation sites (tertiary alicyclic amines) is 1. The molecule has 1 aliphatic heterocycles. The molecule has 27 heavy (non-hydrogen) atoms. The molecule has 1 aliphatic rings. The van der Waals surface area contributed by atoms with Crippen LogP contribution in [0.3, 0.4) is 0 Å². The molecule has 1 amide bonds. The predicted octanol–water partition coefficient (Wildman–Crippen LogP) is 2.78. The highest BCUT2D eigenvalue weighted by atomic mass is 16.5. The molecule has 3 heterocycles. The first-order chi connectivity index (χ1) is 13.0. The molecule has 6 heteroatoms. The third-order valence-electron chi connectivity index (χ3n) is 5.32. The van der Waals surface area contributed by atoms with Crippen LogP contribution in [-0.2, 0) is 6.42 Å². The van der Waals surface area contributed by atoms with Gasteiger partial charge in [-0.3, -0.25) is 14.7 Å². The molecule has 1 N–H and O–H groups in total. The molecule has 0 aromatic carbocycles. The van der Waals surface area contributed by atoms with Gasteiger partial charge < -0.3 is 10.1 Å². The summed E-state index contributed by atoms with van der Waals surface area (Å²) in [5.74, 6) is 1.19. The Bertz CT molecular complexity index is 809. The Morgan fingerprint density at radius 1 is 1.37 bits per heavy atom.